The van der Waals surface area contributed by atoms with E-state index in [1.807, 2.05) is 19.3 Å². The predicted molar refractivity (Wildman–Crippen MR) is 110 cm³/mol. The van der Waals surface area contributed by atoms with Crippen molar-refractivity contribution >= 4 is 29.1 Å². The Balaban J connectivity index is 1.62. The molecule has 0 bridgehead atoms. The number of hydrogen-bond donors (Lipinski definition) is 2. The van der Waals surface area contributed by atoms with Crippen molar-refractivity contribution in [2.45, 2.75) is 6.04 Å². The normalized spacial score (nSPS) is 16.5. The third-order valence-corrected chi connectivity index (χ3v) is 5.32. The molecule has 1 aliphatic rings. The van der Waals surface area contributed by atoms with E-state index in [1.54, 1.807) is 24.3 Å². The third-order valence-electron chi connectivity index (χ3n) is 5.07. The van der Waals surface area contributed by atoms with Crippen LogP contribution >= 0.6 is 11.6 Å². The summed E-state index contributed by atoms with van der Waals surface area (Å²) in [7, 11) is 4.10. The second-order valence-electron chi connectivity index (χ2n) is 7.07. The summed E-state index contributed by atoms with van der Waals surface area (Å²) in [6.45, 7) is 4.16. The van der Waals surface area contributed by atoms with Crippen LogP contribution in [0.3, 0.4) is 0 Å². The molecule has 0 saturated carbocycles. The molecule has 2 amide bonds. The van der Waals surface area contributed by atoms with Crippen LogP contribution in [0.5, 0.6) is 0 Å². The summed E-state index contributed by atoms with van der Waals surface area (Å²) in [5, 5.41) is 5.95. The SMILES string of the molecule is CN1CCN(C(CNC(=O)C(=O)Nc2ccc(Cl)cc2)c2cccn2C)CC1. The topological polar surface area (TPSA) is 69.6 Å². The van der Waals surface area contributed by atoms with Crippen molar-refractivity contribution in [3.05, 3.63) is 53.3 Å². The fourth-order valence-electron chi connectivity index (χ4n) is 3.37. The summed E-state index contributed by atoms with van der Waals surface area (Å²) in [5.41, 5.74) is 1.64. The van der Waals surface area contributed by atoms with Gasteiger partial charge in [0, 0.05) is 62.4 Å². The Labute approximate surface area is 170 Å². The largest absolute Gasteiger partial charge is 0.353 e. The fraction of sp³-hybridized carbons (Fsp3) is 0.400. The minimum atomic E-state index is -0.689. The van der Waals surface area contributed by atoms with Crippen molar-refractivity contribution in [1.82, 2.24) is 19.7 Å². The minimum Gasteiger partial charge on any atom is -0.353 e. The van der Waals surface area contributed by atoms with Crippen LogP contribution in [0.15, 0.2) is 42.6 Å². The number of carbonyl (C=O) groups is 2. The summed E-state index contributed by atoms with van der Waals surface area (Å²) < 4.78 is 2.06. The number of carbonyl (C=O) groups excluding carboxylic acids is 2. The molecule has 150 valence electrons. The molecule has 1 atom stereocenters. The molecule has 1 fully saturated rings. The van der Waals surface area contributed by atoms with Gasteiger partial charge >= 0.3 is 11.8 Å². The first-order valence-electron chi connectivity index (χ1n) is 9.32. The van der Waals surface area contributed by atoms with Crippen LogP contribution < -0.4 is 10.6 Å². The highest BCUT2D eigenvalue weighted by atomic mass is 35.5. The van der Waals surface area contributed by atoms with E-state index in [0.29, 0.717) is 17.3 Å². The van der Waals surface area contributed by atoms with E-state index in [1.165, 1.54) is 0 Å². The summed E-state index contributed by atoms with van der Waals surface area (Å²) in [6, 6.07) is 10.7. The summed E-state index contributed by atoms with van der Waals surface area (Å²) >= 11 is 5.84. The van der Waals surface area contributed by atoms with Crippen LogP contribution in [0.4, 0.5) is 5.69 Å². The van der Waals surface area contributed by atoms with Gasteiger partial charge in [-0.3, -0.25) is 14.5 Å². The lowest BCUT2D eigenvalue weighted by atomic mass is 10.1. The predicted octanol–water partition coefficient (Wildman–Crippen LogP) is 1.72. The molecule has 0 radical (unpaired) electrons. The molecule has 1 aromatic carbocycles. The van der Waals surface area contributed by atoms with E-state index in [0.717, 1.165) is 31.9 Å². The summed E-state index contributed by atoms with van der Waals surface area (Å²) in [6.07, 6.45) is 1.99. The van der Waals surface area contributed by atoms with Crippen LogP contribution in [0.1, 0.15) is 11.7 Å². The Morgan fingerprint density at radius 2 is 1.71 bits per heavy atom. The van der Waals surface area contributed by atoms with Gasteiger partial charge in [-0.15, -0.1) is 0 Å². The van der Waals surface area contributed by atoms with E-state index < -0.39 is 11.8 Å². The number of hydrogen-bond acceptors (Lipinski definition) is 4. The molecule has 28 heavy (non-hydrogen) atoms. The first-order valence-corrected chi connectivity index (χ1v) is 9.70. The number of nitrogens with one attached hydrogen (secondary N) is 2. The number of rotatable bonds is 5. The number of likely N-dealkylation sites (N-methyl/N-ethyl adjacent to an activating group) is 1. The Morgan fingerprint density at radius 3 is 2.32 bits per heavy atom. The molecule has 8 heteroatoms. The highest BCUT2D eigenvalue weighted by Crippen LogP contribution is 2.21. The molecule has 7 nitrogen and oxygen atoms in total. The number of nitrogens with zero attached hydrogens (tertiary/aromatic N) is 3. The molecule has 0 aliphatic carbocycles. The summed E-state index contributed by atoms with van der Waals surface area (Å²) in [4.78, 5) is 29.2. The first-order chi connectivity index (χ1) is 13.4. The highest BCUT2D eigenvalue weighted by Gasteiger charge is 2.26. The van der Waals surface area contributed by atoms with Crippen LogP contribution in [0, 0.1) is 0 Å². The van der Waals surface area contributed by atoms with E-state index in [4.69, 9.17) is 11.6 Å². The second-order valence-corrected chi connectivity index (χ2v) is 7.51. The minimum absolute atomic E-state index is 0.0148. The number of benzene rings is 1. The Hall–Kier alpha value is -2.35. The Bertz CT molecular complexity index is 812. The lowest BCUT2D eigenvalue weighted by Crippen LogP contribution is -2.49. The molecule has 2 N–H and O–H groups in total. The molecule has 2 aromatic rings. The zero-order chi connectivity index (χ0) is 20.1. The number of aromatic nitrogens is 1. The van der Waals surface area contributed by atoms with Crippen LogP contribution in [-0.4, -0.2) is 66.0 Å². The van der Waals surface area contributed by atoms with Crippen molar-refractivity contribution in [1.29, 1.82) is 0 Å². The van der Waals surface area contributed by atoms with E-state index >= 15 is 0 Å². The van der Waals surface area contributed by atoms with Gasteiger partial charge in [-0.25, -0.2) is 0 Å². The fourth-order valence-corrected chi connectivity index (χ4v) is 3.49. The van der Waals surface area contributed by atoms with E-state index in [-0.39, 0.29) is 6.04 Å². The lowest BCUT2D eigenvalue weighted by molar-refractivity contribution is -0.136. The maximum Gasteiger partial charge on any atom is 0.313 e. The van der Waals surface area contributed by atoms with Crippen molar-refractivity contribution in [3.63, 3.8) is 0 Å². The molecule has 1 aromatic heterocycles. The standard InChI is InChI=1S/C20H26ClN5O2/c1-24-10-12-26(13-11-24)18(17-4-3-9-25(17)2)14-22-19(27)20(28)23-16-7-5-15(21)6-8-16/h3-9,18H,10-14H2,1-2H3,(H,22,27)(H,23,28). The van der Waals surface area contributed by atoms with Crippen molar-refractivity contribution < 1.29 is 9.59 Å². The van der Waals surface area contributed by atoms with E-state index in [9.17, 15) is 9.59 Å². The molecular formula is C20H26ClN5O2. The van der Waals surface area contributed by atoms with Crippen LogP contribution in [-0.2, 0) is 16.6 Å². The van der Waals surface area contributed by atoms with Crippen molar-refractivity contribution in [2.75, 3.05) is 45.1 Å². The maximum atomic E-state index is 12.3. The monoisotopic (exact) mass is 403 g/mol. The molecule has 0 spiro atoms. The average molecular weight is 404 g/mol. The van der Waals surface area contributed by atoms with E-state index in [2.05, 4.69) is 38.1 Å². The zero-order valence-corrected chi connectivity index (χ0v) is 16.9. The van der Waals surface area contributed by atoms with Gasteiger partial charge in [0.15, 0.2) is 0 Å². The second kappa shape index (κ2) is 9.23. The third kappa shape index (κ3) is 5.13. The molecule has 2 heterocycles. The summed E-state index contributed by atoms with van der Waals surface area (Å²) in [5.74, 6) is -1.34. The molecule has 1 saturated heterocycles. The van der Waals surface area contributed by atoms with Gasteiger partial charge in [0.1, 0.15) is 0 Å². The van der Waals surface area contributed by atoms with Gasteiger partial charge in [-0.1, -0.05) is 11.6 Å². The quantitative estimate of drug-likeness (QED) is 0.746. The molecule has 3 rings (SSSR count). The van der Waals surface area contributed by atoms with Gasteiger partial charge in [0.25, 0.3) is 0 Å². The lowest BCUT2D eigenvalue weighted by Gasteiger charge is -2.38. The smallest absolute Gasteiger partial charge is 0.313 e. The van der Waals surface area contributed by atoms with Crippen LogP contribution in [0.25, 0.3) is 0 Å². The Morgan fingerprint density at radius 1 is 1.04 bits per heavy atom. The van der Waals surface area contributed by atoms with Crippen molar-refractivity contribution in [3.8, 4) is 0 Å². The number of anilines is 1. The van der Waals surface area contributed by atoms with Crippen LogP contribution in [0.2, 0.25) is 5.02 Å². The number of amides is 2. The van der Waals surface area contributed by atoms with Gasteiger partial charge in [-0.2, -0.15) is 0 Å². The molecule has 1 aliphatic heterocycles. The number of piperazine rings is 1. The average Bonchev–Trinajstić information content (AvgIpc) is 3.10. The molecular weight excluding hydrogens is 378 g/mol. The first kappa shape index (κ1) is 20.4. The van der Waals surface area contributed by atoms with Gasteiger partial charge in [-0.05, 0) is 43.4 Å². The van der Waals surface area contributed by atoms with Crippen molar-refractivity contribution in [2.24, 2.45) is 7.05 Å². The Kier molecular flexibility index (Phi) is 6.72. The highest BCUT2D eigenvalue weighted by molar-refractivity contribution is 6.39. The van der Waals surface area contributed by atoms with Gasteiger partial charge < -0.3 is 20.1 Å². The maximum absolute atomic E-state index is 12.3. The number of halogens is 1. The van der Waals surface area contributed by atoms with Gasteiger partial charge in [0.05, 0.1) is 6.04 Å². The molecule has 1 unspecified atom stereocenters. The van der Waals surface area contributed by atoms with Gasteiger partial charge in [0.2, 0.25) is 0 Å². The zero-order valence-electron chi connectivity index (χ0n) is 16.2. The number of aryl methyl sites for hydroxylation is 1.